The van der Waals surface area contributed by atoms with Gasteiger partial charge in [-0.3, -0.25) is 0 Å². The van der Waals surface area contributed by atoms with Crippen LogP contribution in [0.25, 0.3) is 0 Å². The summed E-state index contributed by atoms with van der Waals surface area (Å²) in [5, 5.41) is 6.89. The van der Waals surface area contributed by atoms with Gasteiger partial charge in [0.25, 0.3) is 0 Å². The van der Waals surface area contributed by atoms with E-state index in [1.165, 1.54) is 5.56 Å². The Bertz CT molecular complexity index is 362. The van der Waals surface area contributed by atoms with Crippen molar-refractivity contribution in [2.24, 2.45) is 0 Å². The Balaban J connectivity index is 2.08. The minimum atomic E-state index is 0.478. The topological polar surface area (TPSA) is 42.5 Å². The average molecular weight is 236 g/mol. The van der Waals surface area contributed by atoms with Gasteiger partial charge >= 0.3 is 0 Å². The molecule has 1 heterocycles. The molecule has 4 heteroatoms. The maximum absolute atomic E-state index is 5.40. The Labute approximate surface area is 102 Å². The fourth-order valence-corrected chi connectivity index (χ4v) is 2.14. The third-order valence-electron chi connectivity index (χ3n) is 3.09. The number of benzene rings is 1. The molecule has 4 nitrogen and oxygen atoms in total. The minimum absolute atomic E-state index is 0.478. The molecule has 2 N–H and O–H groups in total. The van der Waals surface area contributed by atoms with Gasteiger partial charge in [-0.25, -0.2) is 0 Å². The molecule has 0 radical (unpaired) electrons. The molecule has 0 unspecified atom stereocenters. The SMILES string of the molecule is COc1ccc(C[C@H]2CNCCN2)c(OC)c1. The number of ether oxygens (including phenoxy) is 2. The first kappa shape index (κ1) is 12.2. The van der Waals surface area contributed by atoms with Gasteiger partial charge in [-0.15, -0.1) is 0 Å². The summed E-state index contributed by atoms with van der Waals surface area (Å²) in [6, 6.07) is 6.47. The predicted molar refractivity (Wildman–Crippen MR) is 67.9 cm³/mol. The largest absolute Gasteiger partial charge is 0.497 e. The van der Waals surface area contributed by atoms with Crippen LogP contribution in [0, 0.1) is 0 Å². The molecule has 0 bridgehead atoms. The Hall–Kier alpha value is -1.26. The molecule has 1 aromatic carbocycles. The lowest BCUT2D eigenvalue weighted by Gasteiger charge is -2.25. The molecule has 0 saturated carbocycles. The molecule has 1 aliphatic rings. The lowest BCUT2D eigenvalue weighted by molar-refractivity contribution is 0.381. The zero-order valence-electron chi connectivity index (χ0n) is 10.5. The van der Waals surface area contributed by atoms with Crippen LogP contribution in [-0.2, 0) is 6.42 Å². The summed E-state index contributed by atoms with van der Waals surface area (Å²) in [5.74, 6) is 1.73. The molecule has 1 atom stereocenters. The van der Waals surface area contributed by atoms with Gasteiger partial charge in [0.1, 0.15) is 11.5 Å². The molecular formula is C13H20N2O2. The van der Waals surface area contributed by atoms with E-state index in [0.29, 0.717) is 6.04 Å². The highest BCUT2D eigenvalue weighted by atomic mass is 16.5. The van der Waals surface area contributed by atoms with Crippen molar-refractivity contribution in [3.63, 3.8) is 0 Å². The summed E-state index contributed by atoms with van der Waals surface area (Å²) < 4.78 is 10.6. The molecule has 1 saturated heterocycles. The molecule has 0 aromatic heterocycles. The Morgan fingerprint density at radius 2 is 2.12 bits per heavy atom. The van der Waals surface area contributed by atoms with Gasteiger partial charge in [-0.1, -0.05) is 6.07 Å². The van der Waals surface area contributed by atoms with E-state index in [1.807, 2.05) is 12.1 Å². The summed E-state index contributed by atoms with van der Waals surface area (Å²) in [6.45, 7) is 3.09. The number of hydrogen-bond acceptors (Lipinski definition) is 4. The van der Waals surface area contributed by atoms with Crippen LogP contribution in [0.5, 0.6) is 11.5 Å². The average Bonchev–Trinajstić information content (AvgIpc) is 2.40. The maximum Gasteiger partial charge on any atom is 0.125 e. The molecule has 94 valence electrons. The molecular weight excluding hydrogens is 216 g/mol. The van der Waals surface area contributed by atoms with Crippen molar-refractivity contribution in [1.29, 1.82) is 0 Å². The van der Waals surface area contributed by atoms with Gasteiger partial charge in [0.05, 0.1) is 14.2 Å². The van der Waals surface area contributed by atoms with Crippen LogP contribution in [0.3, 0.4) is 0 Å². The van der Waals surface area contributed by atoms with Crippen molar-refractivity contribution in [3.8, 4) is 11.5 Å². The standard InChI is InChI=1S/C13H20N2O2/c1-16-12-4-3-10(13(8-12)17-2)7-11-9-14-5-6-15-11/h3-4,8,11,14-15H,5-7,9H2,1-2H3/t11-/m0/s1. The van der Waals surface area contributed by atoms with E-state index in [-0.39, 0.29) is 0 Å². The molecule has 17 heavy (non-hydrogen) atoms. The van der Waals surface area contributed by atoms with Gasteiger partial charge in [0, 0.05) is 31.7 Å². The van der Waals surface area contributed by atoms with Crippen molar-refractivity contribution in [2.75, 3.05) is 33.9 Å². The van der Waals surface area contributed by atoms with Crippen molar-refractivity contribution in [1.82, 2.24) is 10.6 Å². The van der Waals surface area contributed by atoms with Crippen LogP contribution in [0.15, 0.2) is 18.2 Å². The quantitative estimate of drug-likeness (QED) is 0.812. The van der Waals surface area contributed by atoms with Crippen LogP contribution >= 0.6 is 0 Å². The van der Waals surface area contributed by atoms with E-state index in [4.69, 9.17) is 9.47 Å². The number of nitrogens with one attached hydrogen (secondary N) is 2. The second-order valence-electron chi connectivity index (χ2n) is 4.24. The highest BCUT2D eigenvalue weighted by Crippen LogP contribution is 2.25. The van der Waals surface area contributed by atoms with E-state index >= 15 is 0 Å². The summed E-state index contributed by atoms with van der Waals surface area (Å²) in [5.41, 5.74) is 1.22. The fraction of sp³-hybridized carbons (Fsp3) is 0.538. The zero-order valence-corrected chi connectivity index (χ0v) is 10.5. The zero-order chi connectivity index (χ0) is 12.1. The number of rotatable bonds is 4. The summed E-state index contributed by atoms with van der Waals surface area (Å²) in [7, 11) is 3.37. The van der Waals surface area contributed by atoms with Gasteiger partial charge in [0.15, 0.2) is 0 Å². The van der Waals surface area contributed by atoms with E-state index < -0.39 is 0 Å². The number of methoxy groups -OCH3 is 2. The van der Waals surface area contributed by atoms with Gasteiger partial charge in [-0.2, -0.15) is 0 Å². The first-order chi connectivity index (χ1) is 8.33. The predicted octanol–water partition coefficient (Wildman–Crippen LogP) is 0.808. The second kappa shape index (κ2) is 5.89. The molecule has 2 rings (SSSR count). The van der Waals surface area contributed by atoms with E-state index in [0.717, 1.165) is 37.6 Å². The van der Waals surface area contributed by atoms with Crippen LogP contribution in [-0.4, -0.2) is 39.9 Å². The number of hydrogen-bond donors (Lipinski definition) is 2. The van der Waals surface area contributed by atoms with Gasteiger partial charge in [0.2, 0.25) is 0 Å². The molecule has 0 aliphatic carbocycles. The molecule has 0 spiro atoms. The maximum atomic E-state index is 5.40. The van der Waals surface area contributed by atoms with Crippen molar-refractivity contribution in [2.45, 2.75) is 12.5 Å². The Morgan fingerprint density at radius 1 is 1.24 bits per heavy atom. The van der Waals surface area contributed by atoms with E-state index in [1.54, 1.807) is 14.2 Å². The van der Waals surface area contributed by atoms with Crippen LogP contribution in [0.4, 0.5) is 0 Å². The van der Waals surface area contributed by atoms with E-state index in [9.17, 15) is 0 Å². The third kappa shape index (κ3) is 3.11. The lowest BCUT2D eigenvalue weighted by Crippen LogP contribution is -2.49. The fourth-order valence-electron chi connectivity index (χ4n) is 2.14. The van der Waals surface area contributed by atoms with Crippen LogP contribution in [0.1, 0.15) is 5.56 Å². The molecule has 1 aromatic rings. The monoisotopic (exact) mass is 236 g/mol. The first-order valence-corrected chi connectivity index (χ1v) is 5.98. The molecule has 1 fully saturated rings. The summed E-state index contributed by atoms with van der Waals surface area (Å²) in [4.78, 5) is 0. The Kier molecular flexibility index (Phi) is 4.23. The van der Waals surface area contributed by atoms with Crippen molar-refractivity contribution >= 4 is 0 Å². The minimum Gasteiger partial charge on any atom is -0.497 e. The summed E-state index contributed by atoms with van der Waals surface area (Å²) in [6.07, 6.45) is 0.972. The first-order valence-electron chi connectivity index (χ1n) is 5.98. The highest BCUT2D eigenvalue weighted by Gasteiger charge is 2.15. The molecule has 1 aliphatic heterocycles. The van der Waals surface area contributed by atoms with Crippen molar-refractivity contribution < 1.29 is 9.47 Å². The third-order valence-corrected chi connectivity index (χ3v) is 3.09. The lowest BCUT2D eigenvalue weighted by atomic mass is 10.0. The number of piperazine rings is 1. The smallest absolute Gasteiger partial charge is 0.125 e. The van der Waals surface area contributed by atoms with E-state index in [2.05, 4.69) is 16.7 Å². The molecule has 0 amide bonds. The van der Waals surface area contributed by atoms with Crippen molar-refractivity contribution in [3.05, 3.63) is 23.8 Å². The van der Waals surface area contributed by atoms with Crippen LogP contribution < -0.4 is 20.1 Å². The highest BCUT2D eigenvalue weighted by molar-refractivity contribution is 5.41. The second-order valence-corrected chi connectivity index (χ2v) is 4.24. The van der Waals surface area contributed by atoms with Crippen LogP contribution in [0.2, 0.25) is 0 Å². The van der Waals surface area contributed by atoms with Gasteiger partial charge < -0.3 is 20.1 Å². The Morgan fingerprint density at radius 3 is 2.76 bits per heavy atom. The summed E-state index contributed by atoms with van der Waals surface area (Å²) >= 11 is 0. The normalized spacial score (nSPS) is 20.0. The van der Waals surface area contributed by atoms with Gasteiger partial charge in [-0.05, 0) is 18.1 Å².